The van der Waals surface area contributed by atoms with Gasteiger partial charge in [-0.3, -0.25) is 4.72 Å². The lowest BCUT2D eigenvalue weighted by molar-refractivity contribution is 0.148. The maximum atomic E-state index is 13.0. The van der Waals surface area contributed by atoms with Crippen molar-refractivity contribution >= 4 is 15.7 Å². The van der Waals surface area contributed by atoms with Gasteiger partial charge in [0.25, 0.3) is 16.4 Å². The molecule has 2 aromatic rings. The molecule has 0 heterocycles. The Bertz CT molecular complexity index is 738. The van der Waals surface area contributed by atoms with E-state index in [9.17, 15) is 17.2 Å². The van der Waals surface area contributed by atoms with Gasteiger partial charge in [-0.1, -0.05) is 36.4 Å². The minimum Gasteiger partial charge on any atom is -0.279 e. The number of rotatable bonds is 4. The van der Waals surface area contributed by atoms with Gasteiger partial charge in [0.15, 0.2) is 0 Å². The molecule has 0 atom stereocenters. The largest absolute Gasteiger partial charge is 0.279 e. The molecule has 0 amide bonds. The van der Waals surface area contributed by atoms with Gasteiger partial charge < -0.3 is 0 Å². The first-order chi connectivity index (χ1) is 9.83. The Kier molecular flexibility index (Phi) is 4.27. The Morgan fingerprint density at radius 1 is 0.952 bits per heavy atom. The summed E-state index contributed by atoms with van der Waals surface area (Å²) in [6, 6.07) is 10.4. The number of aryl methyl sites for hydroxylation is 2. The summed E-state index contributed by atoms with van der Waals surface area (Å²) in [5.41, 5.74) is 1.37. The van der Waals surface area contributed by atoms with Crippen LogP contribution in [0, 0.1) is 13.8 Å². The molecule has 0 aromatic heterocycles. The quantitative estimate of drug-likeness (QED) is 0.926. The maximum Gasteiger partial charge on any atom is 0.265 e. The Morgan fingerprint density at radius 2 is 1.52 bits per heavy atom. The van der Waals surface area contributed by atoms with E-state index in [0.29, 0.717) is 5.69 Å². The number of sulfonamides is 1. The number of benzene rings is 2. The lowest BCUT2D eigenvalue weighted by atomic mass is 10.1. The predicted octanol–water partition coefficient (Wildman–Crippen LogP) is 4.04. The monoisotopic (exact) mass is 311 g/mol. The van der Waals surface area contributed by atoms with Crippen molar-refractivity contribution in [1.82, 2.24) is 0 Å². The molecule has 112 valence electrons. The highest BCUT2D eigenvalue weighted by Gasteiger charge is 2.23. The van der Waals surface area contributed by atoms with E-state index in [1.807, 2.05) is 0 Å². The van der Waals surface area contributed by atoms with E-state index < -0.39 is 26.9 Å². The molecule has 1 N–H and O–H groups in total. The molecule has 0 aliphatic heterocycles. The molecule has 0 radical (unpaired) electrons. The van der Waals surface area contributed by atoms with Crippen LogP contribution in [0.5, 0.6) is 0 Å². The molecule has 21 heavy (non-hydrogen) atoms. The van der Waals surface area contributed by atoms with Crippen molar-refractivity contribution < 1.29 is 17.2 Å². The average Bonchev–Trinajstić information content (AvgIpc) is 2.43. The fourth-order valence-electron chi connectivity index (χ4n) is 2.07. The molecule has 0 spiro atoms. The molecule has 0 saturated carbocycles. The Labute approximate surface area is 122 Å². The van der Waals surface area contributed by atoms with E-state index in [2.05, 4.69) is 4.72 Å². The van der Waals surface area contributed by atoms with Gasteiger partial charge >= 0.3 is 0 Å². The molecular formula is C15H15F2NO2S. The molecule has 0 aliphatic carbocycles. The second-order valence-corrected chi connectivity index (χ2v) is 6.36. The van der Waals surface area contributed by atoms with Gasteiger partial charge in [0.2, 0.25) is 0 Å². The van der Waals surface area contributed by atoms with Crippen LogP contribution in [0.15, 0.2) is 47.4 Å². The van der Waals surface area contributed by atoms with Gasteiger partial charge in [0.1, 0.15) is 0 Å². The topological polar surface area (TPSA) is 46.2 Å². The zero-order chi connectivity index (χ0) is 15.6. The van der Waals surface area contributed by atoms with Crippen molar-refractivity contribution in [2.24, 2.45) is 0 Å². The zero-order valence-corrected chi connectivity index (χ0v) is 12.4. The summed E-state index contributed by atoms with van der Waals surface area (Å²) < 4.78 is 53.1. The number of hydrogen-bond acceptors (Lipinski definition) is 2. The van der Waals surface area contributed by atoms with Crippen LogP contribution in [0.3, 0.4) is 0 Å². The third kappa shape index (κ3) is 3.21. The third-order valence-electron chi connectivity index (χ3n) is 3.16. The summed E-state index contributed by atoms with van der Waals surface area (Å²) in [5.74, 6) is 0. The molecule has 0 fully saturated rings. The first-order valence-corrected chi connectivity index (χ1v) is 7.77. The van der Waals surface area contributed by atoms with Crippen LogP contribution in [-0.2, 0) is 10.0 Å². The van der Waals surface area contributed by atoms with Crippen molar-refractivity contribution in [2.75, 3.05) is 4.72 Å². The summed E-state index contributed by atoms with van der Waals surface area (Å²) in [7, 11) is -4.06. The molecule has 0 aliphatic rings. The molecule has 2 rings (SSSR count). The first kappa shape index (κ1) is 15.4. The van der Waals surface area contributed by atoms with Gasteiger partial charge in [-0.05, 0) is 31.0 Å². The average molecular weight is 311 g/mol. The summed E-state index contributed by atoms with van der Waals surface area (Å²) >= 11 is 0. The van der Waals surface area contributed by atoms with Crippen molar-refractivity contribution in [3.05, 3.63) is 59.2 Å². The maximum absolute atomic E-state index is 13.0. The van der Waals surface area contributed by atoms with E-state index in [0.717, 1.165) is 17.2 Å². The lowest BCUT2D eigenvalue weighted by Crippen LogP contribution is -2.16. The summed E-state index contributed by atoms with van der Waals surface area (Å²) in [6.07, 6.45) is -2.85. The fourth-order valence-corrected chi connectivity index (χ4v) is 3.50. The van der Waals surface area contributed by atoms with E-state index >= 15 is 0 Å². The zero-order valence-electron chi connectivity index (χ0n) is 11.6. The number of nitrogens with one attached hydrogen (secondary N) is 1. The molecular weight excluding hydrogens is 296 g/mol. The predicted molar refractivity (Wildman–Crippen MR) is 78.1 cm³/mol. The van der Waals surface area contributed by atoms with Crippen LogP contribution in [0.2, 0.25) is 0 Å². The SMILES string of the molecule is Cc1cccc(C)c1NS(=O)(=O)c1ccccc1C(F)F. The highest BCUT2D eigenvalue weighted by atomic mass is 32.2. The second-order valence-electron chi connectivity index (χ2n) is 4.71. The summed E-state index contributed by atoms with van der Waals surface area (Å²) in [5, 5.41) is 0. The molecule has 3 nitrogen and oxygen atoms in total. The standard InChI is InChI=1S/C15H15F2NO2S/c1-10-6-5-7-11(2)14(10)18-21(19,20)13-9-4-3-8-12(13)15(16)17/h3-9,15,18H,1-2H3. The number of hydrogen-bond donors (Lipinski definition) is 1. The first-order valence-electron chi connectivity index (χ1n) is 6.29. The molecule has 6 heteroatoms. The van der Waals surface area contributed by atoms with Gasteiger partial charge in [-0.25, -0.2) is 17.2 Å². The van der Waals surface area contributed by atoms with Crippen LogP contribution in [0.1, 0.15) is 23.1 Å². The minimum atomic E-state index is -4.06. The van der Waals surface area contributed by atoms with E-state index in [4.69, 9.17) is 0 Å². The molecule has 0 saturated heterocycles. The molecule has 0 unspecified atom stereocenters. The van der Waals surface area contributed by atoms with Crippen LogP contribution in [-0.4, -0.2) is 8.42 Å². The number of alkyl halides is 2. The normalized spacial score (nSPS) is 11.7. The van der Waals surface area contributed by atoms with Gasteiger partial charge in [0.05, 0.1) is 10.6 Å². The number of para-hydroxylation sites is 1. The van der Waals surface area contributed by atoms with E-state index in [1.54, 1.807) is 32.0 Å². The minimum absolute atomic E-state index is 0.400. The van der Waals surface area contributed by atoms with Gasteiger partial charge in [-0.2, -0.15) is 0 Å². The highest BCUT2D eigenvalue weighted by Crippen LogP contribution is 2.29. The second kappa shape index (κ2) is 5.81. The van der Waals surface area contributed by atoms with Crippen LogP contribution < -0.4 is 4.72 Å². The number of anilines is 1. The van der Waals surface area contributed by atoms with E-state index in [1.165, 1.54) is 18.2 Å². The van der Waals surface area contributed by atoms with Crippen LogP contribution in [0.4, 0.5) is 14.5 Å². The Hall–Kier alpha value is -1.95. The number of halogens is 2. The van der Waals surface area contributed by atoms with E-state index in [-0.39, 0.29) is 0 Å². The fraction of sp³-hybridized carbons (Fsp3) is 0.200. The van der Waals surface area contributed by atoms with Crippen molar-refractivity contribution in [3.63, 3.8) is 0 Å². The van der Waals surface area contributed by atoms with Crippen molar-refractivity contribution in [2.45, 2.75) is 25.2 Å². The molecule has 0 bridgehead atoms. The summed E-state index contributed by atoms with van der Waals surface area (Å²) in [4.78, 5) is -0.400. The molecule has 2 aromatic carbocycles. The third-order valence-corrected chi connectivity index (χ3v) is 4.58. The summed E-state index contributed by atoms with van der Waals surface area (Å²) in [6.45, 7) is 3.51. The van der Waals surface area contributed by atoms with Crippen LogP contribution >= 0.6 is 0 Å². The van der Waals surface area contributed by atoms with Crippen molar-refractivity contribution in [1.29, 1.82) is 0 Å². The Balaban J connectivity index is 2.49. The Morgan fingerprint density at radius 3 is 2.10 bits per heavy atom. The lowest BCUT2D eigenvalue weighted by Gasteiger charge is -2.15. The highest BCUT2D eigenvalue weighted by molar-refractivity contribution is 7.92. The van der Waals surface area contributed by atoms with Crippen molar-refractivity contribution in [3.8, 4) is 0 Å². The van der Waals surface area contributed by atoms with Crippen LogP contribution in [0.25, 0.3) is 0 Å². The van der Waals surface area contributed by atoms with Gasteiger partial charge in [-0.15, -0.1) is 0 Å². The van der Waals surface area contributed by atoms with Gasteiger partial charge in [0, 0.05) is 5.56 Å². The smallest absolute Gasteiger partial charge is 0.265 e.